The largest absolute Gasteiger partial charge is 0.481 e. The molecular weight excluding hydrogens is 246 g/mol. The molecular formula is C14H21NO2S. The molecule has 0 aliphatic heterocycles. The van der Waals surface area contributed by atoms with Crippen LogP contribution in [0.3, 0.4) is 0 Å². The molecule has 0 saturated carbocycles. The summed E-state index contributed by atoms with van der Waals surface area (Å²) in [5.74, 6) is -0.810. The van der Waals surface area contributed by atoms with E-state index < -0.39 is 11.4 Å². The second-order valence-corrected chi connectivity index (χ2v) is 5.61. The van der Waals surface area contributed by atoms with Crippen LogP contribution in [0.5, 0.6) is 0 Å². The van der Waals surface area contributed by atoms with E-state index in [4.69, 9.17) is 10.8 Å². The van der Waals surface area contributed by atoms with Crippen molar-refractivity contribution in [3.63, 3.8) is 0 Å². The molecule has 18 heavy (non-hydrogen) atoms. The van der Waals surface area contributed by atoms with Crippen molar-refractivity contribution in [1.82, 2.24) is 0 Å². The highest BCUT2D eigenvalue weighted by atomic mass is 32.2. The van der Waals surface area contributed by atoms with Crippen molar-refractivity contribution in [2.24, 2.45) is 5.73 Å². The van der Waals surface area contributed by atoms with Crippen molar-refractivity contribution in [1.29, 1.82) is 0 Å². The Morgan fingerprint density at radius 2 is 2.00 bits per heavy atom. The lowest BCUT2D eigenvalue weighted by molar-refractivity contribution is -0.138. The summed E-state index contributed by atoms with van der Waals surface area (Å²) < 4.78 is 0. The zero-order valence-corrected chi connectivity index (χ0v) is 12.0. The molecule has 0 heterocycles. The fraction of sp³-hybridized carbons (Fsp3) is 0.500. The monoisotopic (exact) mass is 267 g/mol. The van der Waals surface area contributed by atoms with E-state index in [1.165, 1.54) is 4.90 Å². The highest BCUT2D eigenvalue weighted by Gasteiger charge is 2.35. The van der Waals surface area contributed by atoms with Crippen molar-refractivity contribution in [2.45, 2.75) is 43.0 Å². The first kappa shape index (κ1) is 15.1. The van der Waals surface area contributed by atoms with E-state index >= 15 is 0 Å². The summed E-state index contributed by atoms with van der Waals surface area (Å²) in [4.78, 5) is 12.2. The van der Waals surface area contributed by atoms with Crippen molar-refractivity contribution >= 4 is 17.7 Å². The molecule has 2 unspecified atom stereocenters. The lowest BCUT2D eigenvalue weighted by Gasteiger charge is -2.34. The topological polar surface area (TPSA) is 63.3 Å². The van der Waals surface area contributed by atoms with Crippen LogP contribution in [-0.2, 0) is 10.2 Å². The maximum atomic E-state index is 11.1. The van der Waals surface area contributed by atoms with Gasteiger partial charge in [-0.1, -0.05) is 26.0 Å². The Labute approximate surface area is 113 Å². The van der Waals surface area contributed by atoms with Gasteiger partial charge in [-0.05, 0) is 30.4 Å². The first-order valence-corrected chi connectivity index (χ1v) is 7.28. The van der Waals surface area contributed by atoms with E-state index in [1.54, 1.807) is 11.8 Å². The number of rotatable bonds is 6. The van der Waals surface area contributed by atoms with Crippen molar-refractivity contribution in [3.8, 4) is 0 Å². The first-order chi connectivity index (χ1) is 8.43. The predicted octanol–water partition coefficient (Wildman–Crippen LogP) is 2.88. The van der Waals surface area contributed by atoms with Gasteiger partial charge in [0.1, 0.15) is 0 Å². The van der Waals surface area contributed by atoms with Crippen LogP contribution in [0.15, 0.2) is 29.2 Å². The first-order valence-electron chi connectivity index (χ1n) is 6.06. The van der Waals surface area contributed by atoms with Gasteiger partial charge in [-0.25, -0.2) is 0 Å². The zero-order valence-electron chi connectivity index (χ0n) is 11.1. The number of aliphatic carboxylic acids is 1. The molecule has 3 nitrogen and oxygen atoms in total. The van der Waals surface area contributed by atoms with E-state index in [0.29, 0.717) is 0 Å². The normalized spacial score (nSPS) is 16.0. The number of benzene rings is 1. The molecule has 3 N–H and O–H groups in total. The van der Waals surface area contributed by atoms with Crippen LogP contribution in [0.4, 0.5) is 0 Å². The molecule has 0 saturated heterocycles. The second kappa shape index (κ2) is 6.25. The molecule has 100 valence electrons. The minimum absolute atomic E-state index is 0.0562. The van der Waals surface area contributed by atoms with E-state index in [0.717, 1.165) is 12.0 Å². The van der Waals surface area contributed by atoms with Crippen molar-refractivity contribution in [2.75, 3.05) is 6.26 Å². The van der Waals surface area contributed by atoms with Crippen LogP contribution >= 0.6 is 11.8 Å². The summed E-state index contributed by atoms with van der Waals surface area (Å²) in [5.41, 5.74) is 6.61. The van der Waals surface area contributed by atoms with Gasteiger partial charge in [-0.2, -0.15) is 0 Å². The van der Waals surface area contributed by atoms with Gasteiger partial charge in [0, 0.05) is 16.4 Å². The molecule has 0 fully saturated rings. The molecule has 2 atom stereocenters. The third-order valence-corrected chi connectivity index (χ3v) is 4.27. The number of carbonyl (C=O) groups is 1. The highest BCUT2D eigenvalue weighted by molar-refractivity contribution is 7.98. The van der Waals surface area contributed by atoms with Gasteiger partial charge in [0.2, 0.25) is 0 Å². The minimum atomic E-state index is -0.810. The van der Waals surface area contributed by atoms with Gasteiger partial charge in [-0.15, -0.1) is 11.8 Å². The number of carboxylic acids is 1. The number of nitrogens with two attached hydrogens (primary N) is 1. The molecule has 0 bridgehead atoms. The second-order valence-electron chi connectivity index (χ2n) is 4.73. The maximum absolute atomic E-state index is 11.1. The molecule has 1 rings (SSSR count). The molecule has 1 aromatic rings. The highest BCUT2D eigenvalue weighted by Crippen LogP contribution is 2.33. The Balaban J connectivity index is 3.11. The van der Waals surface area contributed by atoms with Gasteiger partial charge < -0.3 is 10.8 Å². The SMILES string of the molecule is CCC(N)C(C)(CC(=O)O)c1ccc(SC)cc1. The van der Waals surface area contributed by atoms with Crippen LogP contribution < -0.4 is 5.73 Å². The molecule has 0 radical (unpaired) electrons. The molecule has 0 spiro atoms. The van der Waals surface area contributed by atoms with Gasteiger partial charge in [0.15, 0.2) is 0 Å². The Hall–Kier alpha value is -1.00. The summed E-state index contributed by atoms with van der Waals surface area (Å²) >= 11 is 1.67. The summed E-state index contributed by atoms with van der Waals surface area (Å²) in [6.07, 6.45) is 2.83. The summed E-state index contributed by atoms with van der Waals surface area (Å²) in [5, 5.41) is 9.10. The quantitative estimate of drug-likeness (QED) is 0.778. The third kappa shape index (κ3) is 3.27. The fourth-order valence-electron chi connectivity index (χ4n) is 2.18. The average Bonchev–Trinajstić information content (AvgIpc) is 2.36. The number of carboxylic acid groups (broad SMARTS) is 1. The standard InChI is InChI=1S/C14H21NO2S/c1-4-12(15)14(2,9-13(16)17)10-5-7-11(18-3)8-6-10/h5-8,12H,4,9,15H2,1-3H3,(H,16,17). The van der Waals surface area contributed by atoms with Gasteiger partial charge >= 0.3 is 5.97 Å². The van der Waals surface area contributed by atoms with Gasteiger partial charge in [0.25, 0.3) is 0 Å². The lowest BCUT2D eigenvalue weighted by atomic mass is 9.73. The smallest absolute Gasteiger partial charge is 0.304 e. The van der Waals surface area contributed by atoms with Gasteiger partial charge in [0.05, 0.1) is 6.42 Å². The lowest BCUT2D eigenvalue weighted by Crippen LogP contribution is -2.44. The molecule has 1 aromatic carbocycles. The van der Waals surface area contributed by atoms with Gasteiger partial charge in [-0.3, -0.25) is 4.79 Å². The molecule has 0 aliphatic carbocycles. The Bertz CT molecular complexity index is 405. The van der Waals surface area contributed by atoms with E-state index in [-0.39, 0.29) is 12.5 Å². The van der Waals surface area contributed by atoms with E-state index in [2.05, 4.69) is 0 Å². The van der Waals surface area contributed by atoms with E-state index in [1.807, 2.05) is 44.4 Å². The van der Waals surface area contributed by atoms with Crippen molar-refractivity contribution < 1.29 is 9.90 Å². The molecule has 0 aliphatic rings. The number of thioether (sulfide) groups is 1. The summed E-state index contributed by atoms with van der Waals surface area (Å²) in [7, 11) is 0. The van der Waals surface area contributed by atoms with Crippen molar-refractivity contribution in [3.05, 3.63) is 29.8 Å². The van der Waals surface area contributed by atoms with Crippen LogP contribution in [0.1, 0.15) is 32.3 Å². The summed E-state index contributed by atoms with van der Waals surface area (Å²) in [6.45, 7) is 3.92. The Morgan fingerprint density at radius 1 is 1.44 bits per heavy atom. The fourth-order valence-corrected chi connectivity index (χ4v) is 2.59. The van der Waals surface area contributed by atoms with E-state index in [9.17, 15) is 4.79 Å². The molecule has 4 heteroatoms. The van der Waals surface area contributed by atoms with Crippen LogP contribution in [0.25, 0.3) is 0 Å². The average molecular weight is 267 g/mol. The van der Waals surface area contributed by atoms with Crippen LogP contribution in [0, 0.1) is 0 Å². The number of hydrogen-bond donors (Lipinski definition) is 2. The Morgan fingerprint density at radius 3 is 2.39 bits per heavy atom. The number of hydrogen-bond acceptors (Lipinski definition) is 3. The van der Waals surface area contributed by atoms with Crippen LogP contribution in [0.2, 0.25) is 0 Å². The summed E-state index contributed by atoms with van der Waals surface area (Å²) in [6, 6.07) is 7.85. The third-order valence-electron chi connectivity index (χ3n) is 3.53. The Kier molecular flexibility index (Phi) is 5.23. The molecule has 0 amide bonds. The predicted molar refractivity (Wildman–Crippen MR) is 76.1 cm³/mol. The van der Waals surface area contributed by atoms with Crippen LogP contribution in [-0.4, -0.2) is 23.4 Å². The minimum Gasteiger partial charge on any atom is -0.481 e. The molecule has 0 aromatic heterocycles. The zero-order chi connectivity index (χ0) is 13.8. The maximum Gasteiger partial charge on any atom is 0.304 e.